The van der Waals surface area contributed by atoms with Crippen LogP contribution in [-0.2, 0) is 21.7 Å². The second-order valence-electron chi connectivity index (χ2n) is 5.94. The Labute approximate surface area is 166 Å². The fraction of sp³-hybridized carbons (Fsp3) is 0.143. The molecule has 1 heterocycles. The Hall–Kier alpha value is -3.37. The fourth-order valence-electron chi connectivity index (χ4n) is 2.70. The van der Waals surface area contributed by atoms with Gasteiger partial charge in [-0.3, -0.25) is 4.79 Å². The molecule has 0 fully saturated rings. The number of benzene rings is 2. The number of nitrogens with one attached hydrogen (secondary N) is 1. The van der Waals surface area contributed by atoms with Crippen molar-refractivity contribution in [3.63, 3.8) is 0 Å². The molecule has 2 aromatic carbocycles. The van der Waals surface area contributed by atoms with E-state index in [1.807, 2.05) is 54.6 Å². The van der Waals surface area contributed by atoms with Crippen molar-refractivity contribution in [2.75, 3.05) is 7.11 Å². The summed E-state index contributed by atoms with van der Waals surface area (Å²) in [5, 5.41) is 10.0. The highest BCUT2D eigenvalue weighted by Crippen LogP contribution is 2.29. The molecule has 0 bridgehead atoms. The maximum absolute atomic E-state index is 12.0. The van der Waals surface area contributed by atoms with Gasteiger partial charge in [-0.25, -0.2) is 4.79 Å². The molecule has 140 valence electrons. The van der Waals surface area contributed by atoms with E-state index in [0.29, 0.717) is 22.0 Å². The molecule has 0 unspecified atom stereocenters. The van der Waals surface area contributed by atoms with Gasteiger partial charge in [0.15, 0.2) is 0 Å². The second kappa shape index (κ2) is 9.02. The summed E-state index contributed by atoms with van der Waals surface area (Å²) in [5.41, 5.74) is 2.85. The van der Waals surface area contributed by atoms with E-state index in [2.05, 4.69) is 16.0 Å². The molecule has 7 heteroatoms. The van der Waals surface area contributed by atoms with Crippen molar-refractivity contribution in [2.45, 2.75) is 17.2 Å². The van der Waals surface area contributed by atoms with Crippen LogP contribution in [0.1, 0.15) is 16.7 Å². The number of carbonyl (C=O) groups excluding carboxylic acids is 1. The largest absolute Gasteiger partial charge is 0.469 e. The first-order valence-electron chi connectivity index (χ1n) is 8.48. The Kier molecular flexibility index (Phi) is 6.25. The first-order chi connectivity index (χ1) is 13.6. The average molecular weight is 391 g/mol. The molecule has 0 saturated heterocycles. The second-order valence-corrected chi connectivity index (χ2v) is 6.90. The van der Waals surface area contributed by atoms with Crippen LogP contribution in [0, 0.1) is 11.3 Å². The van der Waals surface area contributed by atoms with E-state index in [1.54, 1.807) is 0 Å². The average Bonchev–Trinajstić information content (AvgIpc) is 2.72. The smallest absolute Gasteiger partial charge is 0.346 e. The van der Waals surface area contributed by atoms with Gasteiger partial charge in [0, 0.05) is 5.75 Å². The lowest BCUT2D eigenvalue weighted by Crippen LogP contribution is -2.14. The summed E-state index contributed by atoms with van der Waals surface area (Å²) in [5.74, 6) is 0.203. The molecule has 0 aliphatic carbocycles. The van der Waals surface area contributed by atoms with Crippen molar-refractivity contribution >= 4 is 17.7 Å². The third kappa shape index (κ3) is 4.67. The van der Waals surface area contributed by atoms with E-state index in [4.69, 9.17) is 4.74 Å². The number of carbonyl (C=O) groups is 1. The van der Waals surface area contributed by atoms with Crippen LogP contribution in [0.5, 0.6) is 0 Å². The number of ether oxygens (including phenoxy) is 1. The highest BCUT2D eigenvalue weighted by molar-refractivity contribution is 7.98. The normalized spacial score (nSPS) is 10.3. The molecule has 6 nitrogen and oxygen atoms in total. The lowest BCUT2D eigenvalue weighted by atomic mass is 10.1. The highest BCUT2D eigenvalue weighted by Gasteiger charge is 2.14. The van der Waals surface area contributed by atoms with Crippen molar-refractivity contribution in [3.8, 4) is 17.3 Å². The van der Waals surface area contributed by atoms with Crippen molar-refractivity contribution in [2.24, 2.45) is 0 Å². The number of aromatic nitrogens is 2. The van der Waals surface area contributed by atoms with Crippen molar-refractivity contribution in [1.29, 1.82) is 5.26 Å². The molecule has 0 spiro atoms. The number of nitriles is 1. The molecule has 3 aromatic rings. The van der Waals surface area contributed by atoms with E-state index < -0.39 is 5.69 Å². The van der Waals surface area contributed by atoms with Crippen molar-refractivity contribution in [1.82, 2.24) is 9.97 Å². The maximum Gasteiger partial charge on any atom is 0.346 e. The van der Waals surface area contributed by atoms with Crippen LogP contribution in [0.3, 0.4) is 0 Å². The molecule has 1 N–H and O–H groups in total. The standard InChI is InChI=1S/C21H17N3O3S/c1-27-18(25)11-14-6-5-7-15(10-14)13-28-20-17(12-22)19(23-21(26)24-20)16-8-3-2-4-9-16/h2-10H,11,13H2,1H3,(H,23,24,26). The minimum absolute atomic E-state index is 0.194. The molecule has 0 saturated carbocycles. The van der Waals surface area contributed by atoms with Crippen LogP contribution in [-0.4, -0.2) is 23.0 Å². The SMILES string of the molecule is COC(=O)Cc1cccc(CSc2nc(=O)[nH]c(-c3ccccc3)c2C#N)c1. The summed E-state index contributed by atoms with van der Waals surface area (Å²) in [6.07, 6.45) is 0.194. The van der Waals surface area contributed by atoms with Crippen LogP contribution in [0.15, 0.2) is 64.4 Å². The zero-order chi connectivity index (χ0) is 19.9. The van der Waals surface area contributed by atoms with Crippen molar-refractivity contribution < 1.29 is 9.53 Å². The number of nitrogens with zero attached hydrogens (tertiary/aromatic N) is 2. The van der Waals surface area contributed by atoms with Gasteiger partial charge in [0.2, 0.25) is 0 Å². The topological polar surface area (TPSA) is 95.8 Å². The Morgan fingerprint density at radius 1 is 1.18 bits per heavy atom. The number of hydrogen-bond acceptors (Lipinski definition) is 6. The van der Waals surface area contributed by atoms with Gasteiger partial charge in [-0.15, -0.1) is 11.8 Å². The molecular weight excluding hydrogens is 374 g/mol. The molecule has 1 aromatic heterocycles. The third-order valence-electron chi connectivity index (χ3n) is 4.02. The number of hydrogen-bond donors (Lipinski definition) is 1. The minimum atomic E-state index is -0.500. The number of methoxy groups -OCH3 is 1. The lowest BCUT2D eigenvalue weighted by Gasteiger charge is -2.09. The van der Waals surface area contributed by atoms with Gasteiger partial charge in [0.1, 0.15) is 16.7 Å². The van der Waals surface area contributed by atoms with Crippen LogP contribution < -0.4 is 5.69 Å². The number of thioether (sulfide) groups is 1. The molecule has 0 radical (unpaired) electrons. The van der Waals surface area contributed by atoms with E-state index in [1.165, 1.54) is 18.9 Å². The molecule has 0 atom stereocenters. The minimum Gasteiger partial charge on any atom is -0.469 e. The Morgan fingerprint density at radius 2 is 1.93 bits per heavy atom. The summed E-state index contributed by atoms with van der Waals surface area (Å²) >= 11 is 1.31. The van der Waals surface area contributed by atoms with Crippen LogP contribution >= 0.6 is 11.8 Å². The van der Waals surface area contributed by atoms with E-state index >= 15 is 0 Å². The molecule has 0 amide bonds. The molecule has 28 heavy (non-hydrogen) atoms. The lowest BCUT2D eigenvalue weighted by molar-refractivity contribution is -0.139. The van der Waals surface area contributed by atoms with Gasteiger partial charge < -0.3 is 9.72 Å². The number of H-pyrrole nitrogens is 1. The summed E-state index contributed by atoms with van der Waals surface area (Å²) in [6.45, 7) is 0. The monoisotopic (exact) mass is 391 g/mol. The van der Waals surface area contributed by atoms with Crippen molar-refractivity contribution in [3.05, 3.63) is 81.8 Å². The molecular formula is C21H17N3O3S. The summed E-state index contributed by atoms with van der Waals surface area (Å²) < 4.78 is 4.69. The van der Waals surface area contributed by atoms with Crippen LogP contribution in [0.4, 0.5) is 0 Å². The van der Waals surface area contributed by atoms with E-state index in [9.17, 15) is 14.9 Å². The van der Waals surface area contributed by atoms with Gasteiger partial charge >= 0.3 is 11.7 Å². The highest BCUT2D eigenvalue weighted by atomic mass is 32.2. The summed E-state index contributed by atoms with van der Waals surface area (Å²) in [4.78, 5) is 30.1. The van der Waals surface area contributed by atoms with Gasteiger partial charge in [0.05, 0.1) is 19.2 Å². The maximum atomic E-state index is 12.0. The molecule has 0 aliphatic heterocycles. The zero-order valence-corrected chi connectivity index (χ0v) is 16.0. The van der Waals surface area contributed by atoms with E-state index in [-0.39, 0.29) is 12.4 Å². The van der Waals surface area contributed by atoms with Gasteiger partial charge in [0.25, 0.3) is 0 Å². The first kappa shape index (κ1) is 19.4. The first-order valence-corrected chi connectivity index (χ1v) is 9.46. The number of esters is 1. The van der Waals surface area contributed by atoms with Gasteiger partial charge in [-0.1, -0.05) is 54.6 Å². The Bertz CT molecular complexity index is 1090. The van der Waals surface area contributed by atoms with Gasteiger partial charge in [-0.05, 0) is 16.7 Å². The zero-order valence-electron chi connectivity index (χ0n) is 15.1. The predicted octanol–water partition coefficient (Wildman–Crippen LogP) is 3.32. The Morgan fingerprint density at radius 3 is 2.64 bits per heavy atom. The van der Waals surface area contributed by atoms with E-state index in [0.717, 1.165) is 16.7 Å². The number of rotatable bonds is 6. The van der Waals surface area contributed by atoms with Gasteiger partial charge in [-0.2, -0.15) is 10.2 Å². The fourth-order valence-corrected chi connectivity index (χ4v) is 3.62. The number of aromatic amines is 1. The molecule has 3 rings (SSSR count). The Balaban J connectivity index is 1.87. The quantitative estimate of drug-likeness (QED) is 0.393. The predicted molar refractivity (Wildman–Crippen MR) is 107 cm³/mol. The third-order valence-corrected chi connectivity index (χ3v) is 5.06. The summed E-state index contributed by atoms with van der Waals surface area (Å²) in [6, 6.07) is 18.9. The van der Waals surface area contributed by atoms with Crippen LogP contribution in [0.2, 0.25) is 0 Å². The molecule has 0 aliphatic rings. The van der Waals surface area contributed by atoms with Crippen LogP contribution in [0.25, 0.3) is 11.3 Å². The summed E-state index contributed by atoms with van der Waals surface area (Å²) in [7, 11) is 1.36.